The number of H-pyrrole nitrogens is 1. The number of aliphatic imine (C=N–C) groups is 1. The van der Waals surface area contributed by atoms with Crippen molar-refractivity contribution in [2.24, 2.45) is 10.9 Å². The highest BCUT2D eigenvalue weighted by Crippen LogP contribution is 2.32. The van der Waals surface area contributed by atoms with Crippen LogP contribution >= 0.6 is 0 Å². The van der Waals surface area contributed by atoms with Gasteiger partial charge < -0.3 is 15.6 Å². The van der Waals surface area contributed by atoms with Gasteiger partial charge in [0.15, 0.2) is 0 Å². The summed E-state index contributed by atoms with van der Waals surface area (Å²) < 4.78 is 0. The van der Waals surface area contributed by atoms with Gasteiger partial charge in [0.2, 0.25) is 5.91 Å². The minimum Gasteiger partial charge on any atom is -0.352 e. The number of aromatic nitrogens is 1. The maximum Gasteiger partial charge on any atom is 0.246 e. The fourth-order valence-corrected chi connectivity index (χ4v) is 3.31. The minimum atomic E-state index is -0.0371. The summed E-state index contributed by atoms with van der Waals surface area (Å²) in [5.74, 6) is 0.385. The summed E-state index contributed by atoms with van der Waals surface area (Å²) in [6.07, 6.45) is 2.14. The van der Waals surface area contributed by atoms with E-state index in [9.17, 15) is 4.79 Å². The van der Waals surface area contributed by atoms with Crippen LogP contribution < -0.4 is 10.6 Å². The van der Waals surface area contributed by atoms with Crippen molar-refractivity contribution >= 4 is 28.2 Å². The molecular formula is C16H18N4O. The number of para-hydroxylation sites is 1. The lowest BCUT2D eigenvalue weighted by Crippen LogP contribution is -2.32. The average molecular weight is 282 g/mol. The summed E-state index contributed by atoms with van der Waals surface area (Å²) in [5.41, 5.74) is 3.99. The zero-order chi connectivity index (χ0) is 14.2. The number of fused-ring (bicyclic) bond motifs is 3. The first-order chi connectivity index (χ1) is 10.3. The Morgan fingerprint density at radius 3 is 2.81 bits per heavy atom. The summed E-state index contributed by atoms with van der Waals surface area (Å²) in [7, 11) is 0. The molecular weight excluding hydrogens is 264 g/mol. The van der Waals surface area contributed by atoms with Gasteiger partial charge in [0.05, 0.1) is 17.1 Å². The number of benzene rings is 1. The third-order valence-electron chi connectivity index (χ3n) is 4.35. The fraction of sp³-hybridized carbons (Fsp3) is 0.375. The number of aromatic amines is 1. The molecule has 2 aliphatic rings. The molecule has 0 bridgehead atoms. The molecule has 1 saturated heterocycles. The van der Waals surface area contributed by atoms with Crippen molar-refractivity contribution in [2.75, 3.05) is 25.0 Å². The normalized spacial score (nSPS) is 19.8. The first-order valence-electron chi connectivity index (χ1n) is 7.49. The van der Waals surface area contributed by atoms with Gasteiger partial charge in [-0.3, -0.25) is 9.79 Å². The second-order valence-corrected chi connectivity index (χ2v) is 5.69. The molecule has 21 heavy (non-hydrogen) atoms. The van der Waals surface area contributed by atoms with Crippen molar-refractivity contribution < 1.29 is 4.79 Å². The van der Waals surface area contributed by atoms with E-state index >= 15 is 0 Å². The lowest BCUT2D eigenvalue weighted by atomic mass is 9.90. The number of hydrogen-bond acceptors (Lipinski definition) is 3. The molecule has 0 unspecified atom stereocenters. The Hall–Kier alpha value is -2.14. The maximum atomic E-state index is 12.0. The van der Waals surface area contributed by atoms with Gasteiger partial charge in [-0.1, -0.05) is 18.2 Å². The third kappa shape index (κ3) is 2.14. The number of nitrogens with one attached hydrogen (secondary N) is 3. The van der Waals surface area contributed by atoms with Gasteiger partial charge in [0, 0.05) is 16.8 Å². The summed E-state index contributed by atoms with van der Waals surface area (Å²) in [4.78, 5) is 20.0. The minimum absolute atomic E-state index is 0.0371. The van der Waals surface area contributed by atoms with E-state index in [-0.39, 0.29) is 12.5 Å². The second-order valence-electron chi connectivity index (χ2n) is 5.69. The number of amides is 1. The van der Waals surface area contributed by atoms with Gasteiger partial charge in [0.25, 0.3) is 0 Å². The fourth-order valence-electron chi connectivity index (χ4n) is 3.31. The van der Waals surface area contributed by atoms with Crippen molar-refractivity contribution in [3.8, 4) is 0 Å². The highest BCUT2D eigenvalue weighted by molar-refractivity contribution is 6.17. The van der Waals surface area contributed by atoms with E-state index in [1.807, 2.05) is 24.3 Å². The molecule has 0 spiro atoms. The van der Waals surface area contributed by atoms with Crippen LogP contribution in [0.15, 0.2) is 29.3 Å². The molecule has 0 aliphatic carbocycles. The standard InChI is InChI=1S/C16H18N4O/c21-13-9-18-14(10-5-7-17-8-6-10)16-15(20-13)11-3-1-2-4-12(11)19-16/h1-4,10,17,19H,5-9H2,(H,20,21). The third-order valence-corrected chi connectivity index (χ3v) is 4.35. The lowest BCUT2D eigenvalue weighted by Gasteiger charge is -2.23. The molecule has 5 nitrogen and oxygen atoms in total. The van der Waals surface area contributed by atoms with E-state index in [4.69, 9.17) is 0 Å². The molecule has 2 aromatic rings. The van der Waals surface area contributed by atoms with Crippen LogP contribution in [0.25, 0.3) is 10.9 Å². The predicted octanol–water partition coefficient (Wildman–Crippen LogP) is 1.91. The molecule has 4 rings (SSSR count). The van der Waals surface area contributed by atoms with Crippen LogP contribution in [0.1, 0.15) is 18.5 Å². The summed E-state index contributed by atoms with van der Waals surface area (Å²) >= 11 is 0. The monoisotopic (exact) mass is 282 g/mol. The number of carbonyl (C=O) groups is 1. The number of piperidine rings is 1. The smallest absolute Gasteiger partial charge is 0.246 e. The first kappa shape index (κ1) is 12.6. The molecule has 1 aromatic carbocycles. The SMILES string of the molecule is O=C1CN=C(C2CCNCC2)c2[nH]c3ccccc3c2N1. The number of carbonyl (C=O) groups excluding carboxylic acids is 1. The molecule has 0 saturated carbocycles. The Labute approximate surface area is 122 Å². The van der Waals surface area contributed by atoms with Gasteiger partial charge in [0.1, 0.15) is 6.54 Å². The van der Waals surface area contributed by atoms with Gasteiger partial charge in [-0.15, -0.1) is 0 Å². The van der Waals surface area contributed by atoms with Crippen LogP contribution in [0.3, 0.4) is 0 Å². The summed E-state index contributed by atoms with van der Waals surface area (Å²) in [5, 5.41) is 7.45. The Kier molecular flexibility index (Phi) is 3.00. The molecule has 5 heteroatoms. The van der Waals surface area contributed by atoms with Crippen molar-refractivity contribution in [2.45, 2.75) is 12.8 Å². The van der Waals surface area contributed by atoms with Crippen molar-refractivity contribution in [1.29, 1.82) is 0 Å². The molecule has 0 atom stereocenters. The van der Waals surface area contributed by atoms with Crippen LogP contribution in [0, 0.1) is 5.92 Å². The maximum absolute atomic E-state index is 12.0. The molecule has 108 valence electrons. The molecule has 3 heterocycles. The molecule has 0 radical (unpaired) electrons. The van der Waals surface area contributed by atoms with Gasteiger partial charge in [-0.2, -0.15) is 0 Å². The molecule has 1 aromatic heterocycles. The Morgan fingerprint density at radius 2 is 1.95 bits per heavy atom. The quantitative estimate of drug-likeness (QED) is 0.748. The van der Waals surface area contributed by atoms with E-state index < -0.39 is 0 Å². The first-order valence-corrected chi connectivity index (χ1v) is 7.49. The zero-order valence-electron chi connectivity index (χ0n) is 11.8. The van der Waals surface area contributed by atoms with Gasteiger partial charge >= 0.3 is 0 Å². The van der Waals surface area contributed by atoms with Gasteiger partial charge in [-0.05, 0) is 32.0 Å². The van der Waals surface area contributed by atoms with E-state index in [2.05, 4.69) is 20.6 Å². The number of rotatable bonds is 1. The topological polar surface area (TPSA) is 69.3 Å². The highest BCUT2D eigenvalue weighted by Gasteiger charge is 2.27. The van der Waals surface area contributed by atoms with E-state index in [1.165, 1.54) is 0 Å². The number of hydrogen-bond donors (Lipinski definition) is 3. The Morgan fingerprint density at radius 1 is 1.14 bits per heavy atom. The Balaban J connectivity index is 1.86. The van der Waals surface area contributed by atoms with Gasteiger partial charge in [-0.25, -0.2) is 0 Å². The van der Waals surface area contributed by atoms with Crippen LogP contribution in [0.4, 0.5) is 5.69 Å². The largest absolute Gasteiger partial charge is 0.352 e. The Bertz CT molecular complexity index is 725. The van der Waals surface area contributed by atoms with Crippen molar-refractivity contribution in [3.63, 3.8) is 0 Å². The van der Waals surface area contributed by atoms with E-state index in [0.717, 1.165) is 53.9 Å². The molecule has 1 amide bonds. The molecule has 1 fully saturated rings. The summed E-state index contributed by atoms with van der Waals surface area (Å²) in [6.45, 7) is 2.25. The van der Waals surface area contributed by atoms with E-state index in [1.54, 1.807) is 0 Å². The van der Waals surface area contributed by atoms with Crippen LogP contribution in [-0.2, 0) is 4.79 Å². The molecule has 3 N–H and O–H groups in total. The van der Waals surface area contributed by atoms with E-state index in [0.29, 0.717) is 5.92 Å². The zero-order valence-corrected chi connectivity index (χ0v) is 11.8. The van der Waals surface area contributed by atoms with Crippen molar-refractivity contribution in [1.82, 2.24) is 10.3 Å². The average Bonchev–Trinajstić information content (AvgIpc) is 2.79. The summed E-state index contributed by atoms with van der Waals surface area (Å²) in [6, 6.07) is 8.07. The lowest BCUT2D eigenvalue weighted by molar-refractivity contribution is -0.114. The predicted molar refractivity (Wildman–Crippen MR) is 83.9 cm³/mol. The van der Waals surface area contributed by atoms with Crippen LogP contribution in [0.5, 0.6) is 0 Å². The second kappa shape index (κ2) is 5.00. The molecule has 2 aliphatic heterocycles. The van der Waals surface area contributed by atoms with Crippen LogP contribution in [0.2, 0.25) is 0 Å². The number of nitrogens with zero attached hydrogens (tertiary/aromatic N) is 1. The number of anilines is 1. The highest BCUT2D eigenvalue weighted by atomic mass is 16.1. The van der Waals surface area contributed by atoms with Crippen LogP contribution in [-0.4, -0.2) is 36.2 Å². The van der Waals surface area contributed by atoms with Crippen molar-refractivity contribution in [3.05, 3.63) is 30.0 Å².